The zero-order chi connectivity index (χ0) is 37.9. The van der Waals surface area contributed by atoms with E-state index in [1.165, 1.54) is 11.1 Å². The van der Waals surface area contributed by atoms with Crippen molar-refractivity contribution in [1.29, 1.82) is 10.5 Å². The number of carbonyl (C=O) groups is 2. The fourth-order valence-electron chi connectivity index (χ4n) is 6.70. The molecule has 54 heavy (non-hydrogen) atoms. The second-order valence-electron chi connectivity index (χ2n) is 13.6. The van der Waals surface area contributed by atoms with Gasteiger partial charge >= 0.3 is 0 Å². The number of fused-ring (bicyclic) bond motifs is 2. The number of benzene rings is 2. The number of carbonyl (C=O) groups excluding carboxylic acids is 2. The maximum absolute atomic E-state index is 12.2. The number of nitrogens with two attached hydrogens (primary N) is 2. The van der Waals surface area contributed by atoms with Crippen LogP contribution < -0.4 is 22.1 Å². The Morgan fingerprint density at radius 1 is 0.685 bits per heavy atom. The van der Waals surface area contributed by atoms with Crippen molar-refractivity contribution < 1.29 is 9.59 Å². The average molecular weight is 715 g/mol. The molecule has 0 unspecified atom stereocenters. The number of hydrogen-bond donors (Lipinski definition) is 4. The number of hydrogen-bond acceptors (Lipinski definition) is 10. The van der Waals surface area contributed by atoms with E-state index in [-0.39, 0.29) is 35.5 Å². The molecule has 2 aliphatic carbocycles. The number of anilines is 4. The number of pyridine rings is 4. The number of nitrogens with one attached hydrogen (secondary N) is 2. The Morgan fingerprint density at radius 2 is 1.11 bits per heavy atom. The Morgan fingerprint density at radius 3 is 1.48 bits per heavy atom. The zero-order valence-corrected chi connectivity index (χ0v) is 29.9. The zero-order valence-electron chi connectivity index (χ0n) is 29.9. The summed E-state index contributed by atoms with van der Waals surface area (Å²) in [4.78, 5) is 41.4. The molecule has 0 radical (unpaired) electrons. The number of nitrogen functional groups attached to an aromatic ring is 2. The van der Waals surface area contributed by atoms with E-state index in [4.69, 9.17) is 22.0 Å². The molecule has 2 saturated carbocycles. The van der Waals surface area contributed by atoms with Gasteiger partial charge in [-0.2, -0.15) is 10.5 Å². The van der Waals surface area contributed by atoms with Crippen LogP contribution >= 0.6 is 0 Å². The van der Waals surface area contributed by atoms with Gasteiger partial charge < -0.3 is 22.1 Å². The predicted molar refractivity (Wildman–Crippen MR) is 209 cm³/mol. The molecule has 12 nitrogen and oxygen atoms in total. The normalized spacial score (nSPS) is 18.1. The summed E-state index contributed by atoms with van der Waals surface area (Å²) in [7, 11) is 0. The van der Waals surface area contributed by atoms with Gasteiger partial charge in [-0.05, 0) is 107 Å². The first-order chi connectivity index (χ1) is 26.2. The van der Waals surface area contributed by atoms with E-state index in [2.05, 4.69) is 56.6 Å². The van der Waals surface area contributed by atoms with Crippen LogP contribution in [0.3, 0.4) is 0 Å². The summed E-state index contributed by atoms with van der Waals surface area (Å²) in [6.07, 6.45) is 13.6. The molecule has 0 spiro atoms. The lowest BCUT2D eigenvalue weighted by Crippen LogP contribution is -2.15. The molecule has 4 aromatic heterocycles. The summed E-state index contributed by atoms with van der Waals surface area (Å²) >= 11 is 0. The van der Waals surface area contributed by atoms with Crippen LogP contribution in [0, 0.1) is 46.3 Å². The van der Waals surface area contributed by atoms with Crippen molar-refractivity contribution in [3.05, 3.63) is 96.8 Å². The van der Waals surface area contributed by atoms with Crippen molar-refractivity contribution in [3.8, 4) is 34.4 Å². The third kappa shape index (κ3) is 7.36. The van der Waals surface area contributed by atoms with Gasteiger partial charge in [-0.3, -0.25) is 19.6 Å². The highest BCUT2D eigenvalue weighted by Gasteiger charge is 2.44. The summed E-state index contributed by atoms with van der Waals surface area (Å²) < 4.78 is 0. The molecule has 268 valence electrons. The van der Waals surface area contributed by atoms with E-state index in [9.17, 15) is 9.59 Å². The Balaban J connectivity index is 0.000000167. The highest BCUT2D eigenvalue weighted by atomic mass is 16.2. The van der Waals surface area contributed by atoms with E-state index in [1.807, 2.05) is 60.9 Å². The quantitative estimate of drug-likeness (QED) is 0.118. The fourth-order valence-corrected chi connectivity index (χ4v) is 6.70. The molecule has 2 aromatic carbocycles. The minimum atomic E-state index is -0.230. The van der Waals surface area contributed by atoms with Crippen molar-refractivity contribution in [1.82, 2.24) is 19.9 Å². The molecule has 8 rings (SSSR count). The van der Waals surface area contributed by atoms with Gasteiger partial charge in [0.1, 0.15) is 11.6 Å². The van der Waals surface area contributed by atoms with Gasteiger partial charge in [0.15, 0.2) is 0 Å². The SMILES string of the molecule is CCc1ccncc1-c1cc(N)c2cnc(NC(=O)[C@@H]3C[C@@H]3C#N)cc2c1.CCc1ccncc1-c1cc(N)c2cnc(NC(=O)[C@H]3C[C@H]3C#N)cc2c1. The van der Waals surface area contributed by atoms with E-state index in [0.717, 1.165) is 56.6 Å². The molecule has 0 aliphatic heterocycles. The first-order valence-electron chi connectivity index (χ1n) is 17.9. The monoisotopic (exact) mass is 714 g/mol. The summed E-state index contributed by atoms with van der Waals surface area (Å²) in [6.45, 7) is 4.21. The molecular formula is C42H38N10O2. The van der Waals surface area contributed by atoms with E-state index in [1.54, 1.807) is 24.8 Å². The molecular weight excluding hydrogens is 677 g/mol. The minimum Gasteiger partial charge on any atom is -0.398 e. The molecule has 2 fully saturated rings. The van der Waals surface area contributed by atoms with Gasteiger partial charge in [0.25, 0.3) is 0 Å². The number of nitrogens with zero attached hydrogens (tertiary/aromatic N) is 6. The molecule has 6 aromatic rings. The first-order valence-corrected chi connectivity index (χ1v) is 17.9. The predicted octanol–water partition coefficient (Wildman–Crippen LogP) is 7.08. The molecule has 0 saturated heterocycles. The fraction of sp³-hybridized carbons (Fsp3) is 0.238. The van der Waals surface area contributed by atoms with E-state index in [0.29, 0.717) is 35.9 Å². The van der Waals surface area contributed by atoms with Crippen molar-refractivity contribution in [3.63, 3.8) is 0 Å². The second-order valence-corrected chi connectivity index (χ2v) is 13.6. The van der Waals surface area contributed by atoms with Crippen LogP contribution in [-0.2, 0) is 22.4 Å². The van der Waals surface area contributed by atoms with Crippen molar-refractivity contribution in [2.45, 2.75) is 39.5 Å². The standard InChI is InChI=1S/2C21H19N5O/c2*1-2-12-3-4-24-10-17(12)13-5-14-8-20(25-11-18(14)19(23)7-13)26-21(27)16-6-15(16)9-22/h2*3-5,7-8,10-11,15-16H,2,6,23H2,1H3,(H,25,26,27)/t2*15-,16-/m10/s1. The number of nitriles is 2. The lowest BCUT2D eigenvalue weighted by atomic mass is 9.97. The molecule has 6 N–H and O–H groups in total. The number of amides is 2. The van der Waals surface area contributed by atoms with E-state index < -0.39 is 0 Å². The molecule has 12 heteroatoms. The molecule has 4 heterocycles. The smallest absolute Gasteiger partial charge is 0.230 e. The summed E-state index contributed by atoms with van der Waals surface area (Å²) in [6, 6.07) is 19.8. The lowest BCUT2D eigenvalue weighted by molar-refractivity contribution is -0.118. The van der Waals surface area contributed by atoms with Gasteiger partial charge in [0.05, 0.1) is 35.8 Å². The molecule has 2 aliphatic rings. The third-order valence-corrected chi connectivity index (χ3v) is 10.0. The van der Waals surface area contributed by atoms with Crippen LogP contribution in [0.15, 0.2) is 85.7 Å². The number of aryl methyl sites for hydroxylation is 2. The highest BCUT2D eigenvalue weighted by molar-refractivity contribution is 6.01. The maximum atomic E-state index is 12.2. The van der Waals surface area contributed by atoms with Gasteiger partial charge in [-0.15, -0.1) is 0 Å². The topological polar surface area (TPSA) is 209 Å². The largest absolute Gasteiger partial charge is 0.398 e. The first kappa shape index (κ1) is 35.5. The van der Waals surface area contributed by atoms with Gasteiger partial charge in [-0.1, -0.05) is 13.8 Å². The molecule has 0 bridgehead atoms. The van der Waals surface area contributed by atoms with E-state index >= 15 is 0 Å². The van der Waals surface area contributed by atoms with Gasteiger partial charge in [0.2, 0.25) is 11.8 Å². The third-order valence-electron chi connectivity index (χ3n) is 10.0. The van der Waals surface area contributed by atoms with Gasteiger partial charge in [-0.25, -0.2) is 9.97 Å². The van der Waals surface area contributed by atoms with Crippen LogP contribution in [0.5, 0.6) is 0 Å². The summed E-state index contributed by atoms with van der Waals surface area (Å²) in [5.74, 6) is -0.186. The molecule has 4 atom stereocenters. The Labute approximate surface area is 312 Å². The van der Waals surface area contributed by atoms with Crippen molar-refractivity contribution in [2.75, 3.05) is 22.1 Å². The Bertz CT molecular complexity index is 2350. The number of rotatable bonds is 8. The van der Waals surface area contributed by atoms with Crippen LogP contribution in [0.25, 0.3) is 43.8 Å². The highest BCUT2D eigenvalue weighted by Crippen LogP contribution is 2.40. The van der Waals surface area contributed by atoms with Crippen LogP contribution in [0.1, 0.15) is 37.8 Å². The van der Waals surface area contributed by atoms with Crippen LogP contribution in [0.2, 0.25) is 0 Å². The van der Waals surface area contributed by atoms with Crippen LogP contribution in [-0.4, -0.2) is 31.8 Å². The maximum Gasteiger partial charge on any atom is 0.230 e. The van der Waals surface area contributed by atoms with Crippen LogP contribution in [0.4, 0.5) is 23.0 Å². The number of aromatic nitrogens is 4. The summed E-state index contributed by atoms with van der Waals surface area (Å²) in [5.41, 5.74) is 20.2. The second kappa shape index (κ2) is 15.0. The Hall–Kier alpha value is -6.92. The minimum absolute atomic E-state index is 0.155. The average Bonchev–Trinajstić information content (AvgIpc) is 4.13. The lowest BCUT2D eigenvalue weighted by Gasteiger charge is -2.11. The molecule has 2 amide bonds. The Kier molecular flexibility index (Phi) is 9.84. The van der Waals surface area contributed by atoms with Crippen molar-refractivity contribution in [2.24, 2.45) is 23.7 Å². The summed E-state index contributed by atoms with van der Waals surface area (Å²) in [5, 5.41) is 26.8. The van der Waals surface area contributed by atoms with Crippen molar-refractivity contribution >= 4 is 56.4 Å². The van der Waals surface area contributed by atoms with Gasteiger partial charge in [0, 0.05) is 70.5 Å².